The van der Waals surface area contributed by atoms with Crippen molar-refractivity contribution >= 4 is 23.2 Å². The van der Waals surface area contributed by atoms with Gasteiger partial charge < -0.3 is 26.2 Å². The molecule has 260 valence electrons. The zero-order valence-corrected chi connectivity index (χ0v) is 27.0. The van der Waals surface area contributed by atoms with E-state index in [9.17, 15) is 34.8 Å². The molecule has 0 aromatic heterocycles. The molecule has 5 aliphatic rings. The van der Waals surface area contributed by atoms with E-state index in [-0.39, 0.29) is 30.1 Å². The molecular weight excluding hydrogens is 643 g/mol. The number of phenols is 1. The maximum Gasteiger partial charge on any atom is 0.417 e. The standard InChI is InChI=1S/C36H38F3N3O7/c1-41(2)29-23-12-19-11-22-26(30(44)25(19)32(46)35(23,49)33(47)27(31(29)45)34(40)48)24(43)13-20(28(22)36(37,38)39)15-42(14-16-7-8-16)21-9-17-5-3-4-6-18(17)10-21/h3-6,13,16,19,21,23,29,43-44,47,49H,7-12,14-15H2,1-2H3,(H2,40,48)/t19-,23-,29-,35-/m0/s1. The van der Waals surface area contributed by atoms with Crippen LogP contribution in [0, 0.1) is 17.8 Å². The van der Waals surface area contributed by atoms with Crippen LogP contribution < -0.4 is 5.73 Å². The van der Waals surface area contributed by atoms with E-state index < -0.39 is 93.1 Å². The van der Waals surface area contributed by atoms with Gasteiger partial charge in [0.05, 0.1) is 17.2 Å². The molecule has 49 heavy (non-hydrogen) atoms. The van der Waals surface area contributed by atoms with E-state index in [2.05, 4.69) is 4.90 Å². The van der Waals surface area contributed by atoms with Gasteiger partial charge in [0, 0.05) is 30.6 Å². The lowest BCUT2D eigenvalue weighted by Gasteiger charge is -2.50. The molecule has 2 aromatic carbocycles. The smallest absolute Gasteiger partial charge is 0.417 e. The van der Waals surface area contributed by atoms with Crippen molar-refractivity contribution in [2.24, 2.45) is 23.5 Å². The number of hydrogen-bond acceptors (Lipinski definition) is 9. The Hall–Kier alpha value is -4.20. The number of nitrogens with zero attached hydrogens (tertiary/aromatic N) is 2. The minimum absolute atomic E-state index is 0.0383. The van der Waals surface area contributed by atoms with Crippen molar-refractivity contribution in [3.8, 4) is 5.75 Å². The number of benzene rings is 2. The average Bonchev–Trinajstić information content (AvgIpc) is 3.71. The van der Waals surface area contributed by atoms with Gasteiger partial charge in [0.1, 0.15) is 22.8 Å². The topological polar surface area (TPSA) is 165 Å². The number of rotatable bonds is 7. The Labute approximate surface area is 280 Å². The predicted octanol–water partition coefficient (Wildman–Crippen LogP) is 3.36. The van der Waals surface area contributed by atoms with E-state index in [1.54, 1.807) is 0 Å². The number of fused-ring (bicyclic) bond motifs is 4. The fourth-order valence-electron chi connectivity index (χ4n) is 8.85. The molecule has 0 radical (unpaired) electrons. The van der Waals surface area contributed by atoms with E-state index in [1.165, 1.54) is 19.0 Å². The molecule has 7 rings (SSSR count). The second kappa shape index (κ2) is 11.4. The van der Waals surface area contributed by atoms with E-state index in [4.69, 9.17) is 5.73 Å². The number of phenolic OH excluding ortho intramolecular Hbond substituents is 1. The monoisotopic (exact) mass is 681 g/mol. The van der Waals surface area contributed by atoms with Crippen LogP contribution >= 0.6 is 0 Å². The zero-order valence-electron chi connectivity index (χ0n) is 27.0. The summed E-state index contributed by atoms with van der Waals surface area (Å²) in [5, 5.41) is 45.6. The lowest BCUT2D eigenvalue weighted by molar-refractivity contribution is -0.153. The molecule has 13 heteroatoms. The summed E-state index contributed by atoms with van der Waals surface area (Å²) in [7, 11) is 2.91. The van der Waals surface area contributed by atoms with Gasteiger partial charge >= 0.3 is 6.18 Å². The Bertz CT molecular complexity index is 1840. The summed E-state index contributed by atoms with van der Waals surface area (Å²) < 4.78 is 45.6. The van der Waals surface area contributed by atoms with Gasteiger partial charge in [0.25, 0.3) is 5.91 Å². The van der Waals surface area contributed by atoms with Crippen LogP contribution in [-0.2, 0) is 46.4 Å². The van der Waals surface area contributed by atoms with Crippen molar-refractivity contribution in [3.05, 3.63) is 80.6 Å². The largest absolute Gasteiger partial charge is 0.508 e. The Morgan fingerprint density at radius 2 is 1.67 bits per heavy atom. The number of aliphatic hydroxyl groups is 3. The Morgan fingerprint density at radius 1 is 1.04 bits per heavy atom. The number of likely N-dealkylation sites (N-methyl/N-ethyl adjacent to an activating group) is 1. The number of halogens is 3. The first-order chi connectivity index (χ1) is 23.0. The second-order valence-electron chi connectivity index (χ2n) is 14.4. The van der Waals surface area contributed by atoms with E-state index in [0.29, 0.717) is 25.3 Å². The average molecular weight is 682 g/mol. The van der Waals surface area contributed by atoms with Gasteiger partial charge in [-0.25, -0.2) is 0 Å². The molecule has 0 unspecified atom stereocenters. The van der Waals surface area contributed by atoms with Crippen LogP contribution in [0.5, 0.6) is 5.75 Å². The number of hydrogen-bond donors (Lipinski definition) is 5. The molecule has 2 fully saturated rings. The van der Waals surface area contributed by atoms with Crippen LogP contribution in [0.2, 0.25) is 0 Å². The van der Waals surface area contributed by atoms with Gasteiger partial charge in [0.2, 0.25) is 5.78 Å². The van der Waals surface area contributed by atoms with Gasteiger partial charge in [-0.15, -0.1) is 0 Å². The van der Waals surface area contributed by atoms with Crippen LogP contribution in [0.15, 0.2) is 47.2 Å². The summed E-state index contributed by atoms with van der Waals surface area (Å²) in [6.07, 6.45) is -2.29. The molecular formula is C36H38F3N3O7. The van der Waals surface area contributed by atoms with Crippen LogP contribution in [0.1, 0.15) is 52.6 Å². The first kappa shape index (κ1) is 33.3. The molecule has 10 nitrogen and oxygen atoms in total. The van der Waals surface area contributed by atoms with Crippen molar-refractivity contribution in [1.82, 2.24) is 9.80 Å². The third-order valence-corrected chi connectivity index (χ3v) is 11.2. The highest BCUT2D eigenvalue weighted by Crippen LogP contribution is 2.54. The highest BCUT2D eigenvalue weighted by Gasteiger charge is 2.64. The number of amides is 1. The number of carbonyl (C=O) groups excluding carboxylic acids is 3. The maximum atomic E-state index is 15.2. The number of alkyl halides is 3. The number of nitrogens with two attached hydrogens (primary N) is 1. The van der Waals surface area contributed by atoms with Gasteiger partial charge in [0.15, 0.2) is 11.4 Å². The van der Waals surface area contributed by atoms with Crippen molar-refractivity contribution in [2.45, 2.75) is 68.9 Å². The molecule has 0 saturated heterocycles. The first-order valence-electron chi connectivity index (χ1n) is 16.4. The maximum absolute atomic E-state index is 15.2. The predicted molar refractivity (Wildman–Crippen MR) is 170 cm³/mol. The number of aliphatic hydroxyl groups excluding tert-OH is 2. The summed E-state index contributed by atoms with van der Waals surface area (Å²) in [5.41, 5.74) is 1.22. The molecule has 4 atom stereocenters. The number of carbonyl (C=O) groups is 3. The van der Waals surface area contributed by atoms with Crippen molar-refractivity contribution in [2.75, 3.05) is 20.6 Å². The first-order valence-corrected chi connectivity index (χ1v) is 16.4. The molecule has 0 bridgehead atoms. The summed E-state index contributed by atoms with van der Waals surface area (Å²) in [5.74, 6) is -8.61. The molecule has 0 heterocycles. The van der Waals surface area contributed by atoms with Crippen LogP contribution in [0.4, 0.5) is 13.2 Å². The second-order valence-corrected chi connectivity index (χ2v) is 14.4. The lowest BCUT2D eigenvalue weighted by atomic mass is 9.57. The Morgan fingerprint density at radius 3 is 2.22 bits per heavy atom. The Kier molecular flexibility index (Phi) is 7.77. The zero-order chi connectivity index (χ0) is 35.3. The number of aromatic hydroxyl groups is 1. The van der Waals surface area contributed by atoms with Crippen molar-refractivity contribution in [3.63, 3.8) is 0 Å². The highest BCUT2D eigenvalue weighted by molar-refractivity contribution is 6.24. The third kappa shape index (κ3) is 5.16. The van der Waals surface area contributed by atoms with Gasteiger partial charge in [-0.05, 0) is 92.8 Å². The van der Waals surface area contributed by atoms with Crippen LogP contribution in [0.25, 0.3) is 5.76 Å². The number of ketones is 2. The van der Waals surface area contributed by atoms with Gasteiger partial charge in [-0.1, -0.05) is 24.3 Å². The van der Waals surface area contributed by atoms with E-state index in [1.807, 2.05) is 24.3 Å². The van der Waals surface area contributed by atoms with Gasteiger partial charge in [-0.3, -0.25) is 24.2 Å². The van der Waals surface area contributed by atoms with E-state index >= 15 is 13.2 Å². The molecule has 5 aliphatic carbocycles. The quantitative estimate of drug-likeness (QED) is 0.276. The van der Waals surface area contributed by atoms with Crippen molar-refractivity contribution < 1.29 is 48.0 Å². The lowest BCUT2D eigenvalue weighted by Crippen LogP contribution is -2.65. The highest BCUT2D eigenvalue weighted by atomic mass is 19.4. The number of primary amides is 1. The fraction of sp³-hybridized carbons (Fsp3) is 0.472. The minimum atomic E-state index is -4.90. The third-order valence-electron chi connectivity index (χ3n) is 11.2. The van der Waals surface area contributed by atoms with E-state index in [0.717, 1.165) is 30.0 Å². The molecule has 2 saturated carbocycles. The Balaban J connectivity index is 1.34. The van der Waals surface area contributed by atoms with Gasteiger partial charge in [-0.2, -0.15) is 13.2 Å². The summed E-state index contributed by atoms with van der Waals surface area (Å²) in [6, 6.07) is 7.56. The molecule has 0 spiro atoms. The molecule has 1 amide bonds. The normalized spacial score (nSPS) is 27.1. The fourth-order valence-corrected chi connectivity index (χ4v) is 8.85. The minimum Gasteiger partial charge on any atom is -0.508 e. The molecule has 6 N–H and O–H groups in total. The van der Waals surface area contributed by atoms with Crippen LogP contribution in [-0.4, -0.2) is 86.0 Å². The summed E-state index contributed by atoms with van der Waals surface area (Å²) in [6.45, 7) is 0.505. The SMILES string of the molecule is CN(C)[C@@H]1C(=O)C(C(N)=O)=C(O)[C@@]2(O)C(=O)C3=C(O)c4c(O)cc(CN(CC5CC5)C5Cc6ccccc6C5)c(C(F)(F)F)c4C[C@H]3C[C@@H]12. The van der Waals surface area contributed by atoms with Crippen LogP contribution in [0.3, 0.4) is 0 Å². The number of Topliss-reactive ketones (excluding diaryl/α,β-unsaturated/α-hetero) is 2. The van der Waals surface area contributed by atoms with Crippen molar-refractivity contribution in [1.29, 1.82) is 0 Å². The summed E-state index contributed by atoms with van der Waals surface area (Å²) in [4.78, 5) is 43.0. The molecule has 2 aromatic rings. The summed E-state index contributed by atoms with van der Waals surface area (Å²) >= 11 is 0. The molecule has 0 aliphatic heterocycles.